The summed E-state index contributed by atoms with van der Waals surface area (Å²) in [4.78, 5) is 8.87. The van der Waals surface area contributed by atoms with Gasteiger partial charge in [0, 0.05) is 20.2 Å². The Hall–Kier alpha value is -1.69. The monoisotopic (exact) mass is 261 g/mol. The maximum atomic E-state index is 5.62. The highest BCUT2D eigenvalue weighted by atomic mass is 16.5. The number of aryl methyl sites for hydroxylation is 2. The molecule has 102 valence electrons. The Labute approximate surface area is 112 Å². The topological polar surface area (TPSA) is 64.9 Å². The summed E-state index contributed by atoms with van der Waals surface area (Å²) < 4.78 is 7.39. The number of hydrogen-bond acceptors (Lipinski definition) is 5. The zero-order valence-electron chi connectivity index (χ0n) is 11.4. The Morgan fingerprint density at radius 3 is 3.16 bits per heavy atom. The molecule has 0 aliphatic carbocycles. The number of anilines is 1. The Morgan fingerprint density at radius 1 is 1.47 bits per heavy atom. The van der Waals surface area contributed by atoms with Gasteiger partial charge in [-0.15, -0.1) is 0 Å². The minimum absolute atomic E-state index is 0.403. The van der Waals surface area contributed by atoms with Crippen LogP contribution in [0, 0.1) is 6.92 Å². The quantitative estimate of drug-likeness (QED) is 0.906. The standard InChI is InChI=1S/C13H19N5O/c1-9-16-12(11-8-15-18(2)13(11)17-9)14-6-5-10-4-3-7-19-10/h8,10H,3-7H2,1-2H3,(H,14,16,17)/t10-/m0/s1. The SMILES string of the molecule is Cc1nc(NCC[C@@H]2CCCO2)c2cnn(C)c2n1. The van der Waals surface area contributed by atoms with Crippen molar-refractivity contribution in [2.75, 3.05) is 18.5 Å². The Bertz CT molecular complexity index is 574. The van der Waals surface area contributed by atoms with Crippen LogP contribution in [0.4, 0.5) is 5.82 Å². The molecule has 2 aromatic rings. The number of fused-ring (bicyclic) bond motifs is 1. The molecule has 1 aliphatic rings. The van der Waals surface area contributed by atoms with E-state index in [-0.39, 0.29) is 0 Å². The smallest absolute Gasteiger partial charge is 0.163 e. The third-order valence-corrected chi connectivity index (χ3v) is 3.49. The lowest BCUT2D eigenvalue weighted by Crippen LogP contribution is -2.13. The van der Waals surface area contributed by atoms with Crippen molar-refractivity contribution in [3.63, 3.8) is 0 Å². The van der Waals surface area contributed by atoms with Gasteiger partial charge in [0.1, 0.15) is 11.6 Å². The van der Waals surface area contributed by atoms with Gasteiger partial charge in [-0.25, -0.2) is 9.97 Å². The molecule has 1 fully saturated rings. The molecular formula is C13H19N5O. The third-order valence-electron chi connectivity index (χ3n) is 3.49. The predicted molar refractivity (Wildman–Crippen MR) is 73.1 cm³/mol. The number of ether oxygens (including phenoxy) is 1. The normalized spacial score (nSPS) is 19.2. The minimum Gasteiger partial charge on any atom is -0.378 e. The highest BCUT2D eigenvalue weighted by Crippen LogP contribution is 2.20. The van der Waals surface area contributed by atoms with Gasteiger partial charge < -0.3 is 10.1 Å². The van der Waals surface area contributed by atoms with E-state index in [1.165, 1.54) is 12.8 Å². The van der Waals surface area contributed by atoms with Crippen molar-refractivity contribution in [3.05, 3.63) is 12.0 Å². The van der Waals surface area contributed by atoms with Crippen molar-refractivity contribution in [1.82, 2.24) is 19.7 Å². The van der Waals surface area contributed by atoms with Gasteiger partial charge in [-0.05, 0) is 26.2 Å². The van der Waals surface area contributed by atoms with Crippen LogP contribution >= 0.6 is 0 Å². The van der Waals surface area contributed by atoms with Gasteiger partial charge in [0.2, 0.25) is 0 Å². The molecule has 1 aliphatic heterocycles. The van der Waals surface area contributed by atoms with Crippen LogP contribution in [-0.2, 0) is 11.8 Å². The van der Waals surface area contributed by atoms with Gasteiger partial charge in [0.15, 0.2) is 5.65 Å². The lowest BCUT2D eigenvalue weighted by Gasteiger charge is -2.11. The Balaban J connectivity index is 1.72. The molecule has 6 nitrogen and oxygen atoms in total. The van der Waals surface area contributed by atoms with E-state index in [0.29, 0.717) is 6.10 Å². The van der Waals surface area contributed by atoms with Crippen molar-refractivity contribution in [1.29, 1.82) is 0 Å². The summed E-state index contributed by atoms with van der Waals surface area (Å²) in [5, 5.41) is 8.59. The average molecular weight is 261 g/mol. The van der Waals surface area contributed by atoms with E-state index in [0.717, 1.165) is 42.2 Å². The fourth-order valence-electron chi connectivity index (χ4n) is 2.49. The van der Waals surface area contributed by atoms with Gasteiger partial charge in [-0.2, -0.15) is 5.10 Å². The molecule has 1 N–H and O–H groups in total. The summed E-state index contributed by atoms with van der Waals surface area (Å²) in [6.07, 6.45) is 5.59. The molecule has 2 aromatic heterocycles. The molecule has 1 saturated heterocycles. The van der Waals surface area contributed by atoms with E-state index in [9.17, 15) is 0 Å². The zero-order chi connectivity index (χ0) is 13.2. The second kappa shape index (κ2) is 5.13. The van der Waals surface area contributed by atoms with Crippen molar-refractivity contribution >= 4 is 16.9 Å². The lowest BCUT2D eigenvalue weighted by atomic mass is 10.2. The van der Waals surface area contributed by atoms with Crippen LogP contribution in [0.2, 0.25) is 0 Å². The first kappa shape index (κ1) is 12.3. The number of nitrogens with one attached hydrogen (secondary N) is 1. The summed E-state index contributed by atoms with van der Waals surface area (Å²) >= 11 is 0. The van der Waals surface area contributed by atoms with Crippen LogP contribution in [-0.4, -0.2) is 39.0 Å². The second-order valence-electron chi connectivity index (χ2n) is 4.98. The number of nitrogens with zero attached hydrogens (tertiary/aromatic N) is 4. The molecule has 3 heterocycles. The van der Waals surface area contributed by atoms with Crippen LogP contribution < -0.4 is 5.32 Å². The molecule has 0 amide bonds. The fourth-order valence-corrected chi connectivity index (χ4v) is 2.49. The molecule has 0 bridgehead atoms. The van der Waals surface area contributed by atoms with Gasteiger partial charge >= 0.3 is 0 Å². The van der Waals surface area contributed by atoms with Gasteiger partial charge in [0.25, 0.3) is 0 Å². The second-order valence-corrected chi connectivity index (χ2v) is 4.98. The van der Waals surface area contributed by atoms with Crippen molar-refractivity contribution in [3.8, 4) is 0 Å². The first-order chi connectivity index (χ1) is 9.24. The molecule has 0 spiro atoms. The van der Waals surface area contributed by atoms with Gasteiger partial charge in [0.05, 0.1) is 17.7 Å². The predicted octanol–water partition coefficient (Wildman–Crippen LogP) is 1.65. The Kier molecular flexibility index (Phi) is 3.33. The zero-order valence-corrected chi connectivity index (χ0v) is 11.4. The Morgan fingerprint density at radius 2 is 2.37 bits per heavy atom. The van der Waals surface area contributed by atoms with E-state index in [4.69, 9.17) is 4.74 Å². The first-order valence-electron chi connectivity index (χ1n) is 6.76. The fraction of sp³-hybridized carbons (Fsp3) is 0.615. The lowest BCUT2D eigenvalue weighted by molar-refractivity contribution is 0.107. The summed E-state index contributed by atoms with van der Waals surface area (Å²) in [5.41, 5.74) is 0.868. The summed E-state index contributed by atoms with van der Waals surface area (Å²) in [6.45, 7) is 3.67. The van der Waals surface area contributed by atoms with Crippen LogP contribution in [0.1, 0.15) is 25.1 Å². The molecule has 0 aromatic carbocycles. The maximum absolute atomic E-state index is 5.62. The van der Waals surface area contributed by atoms with E-state index in [1.807, 2.05) is 20.2 Å². The molecule has 0 saturated carbocycles. The molecule has 19 heavy (non-hydrogen) atoms. The molecule has 3 rings (SSSR count). The van der Waals surface area contributed by atoms with Crippen LogP contribution in [0.15, 0.2) is 6.20 Å². The van der Waals surface area contributed by atoms with Crippen molar-refractivity contribution in [2.45, 2.75) is 32.3 Å². The van der Waals surface area contributed by atoms with Crippen LogP contribution in [0.3, 0.4) is 0 Å². The van der Waals surface area contributed by atoms with Gasteiger partial charge in [-0.1, -0.05) is 0 Å². The van der Waals surface area contributed by atoms with Crippen LogP contribution in [0.25, 0.3) is 11.0 Å². The number of hydrogen-bond donors (Lipinski definition) is 1. The molecule has 0 radical (unpaired) electrons. The summed E-state index contributed by atoms with van der Waals surface area (Å²) in [6, 6.07) is 0. The summed E-state index contributed by atoms with van der Waals surface area (Å²) in [7, 11) is 1.89. The summed E-state index contributed by atoms with van der Waals surface area (Å²) in [5.74, 6) is 1.63. The largest absolute Gasteiger partial charge is 0.378 e. The van der Waals surface area contributed by atoms with Gasteiger partial charge in [-0.3, -0.25) is 4.68 Å². The van der Waals surface area contributed by atoms with E-state index < -0.39 is 0 Å². The van der Waals surface area contributed by atoms with Crippen molar-refractivity contribution in [2.24, 2.45) is 7.05 Å². The minimum atomic E-state index is 0.403. The van der Waals surface area contributed by atoms with E-state index in [1.54, 1.807) is 4.68 Å². The van der Waals surface area contributed by atoms with Crippen molar-refractivity contribution < 1.29 is 4.74 Å². The third kappa shape index (κ3) is 2.53. The van der Waals surface area contributed by atoms with E-state index in [2.05, 4.69) is 20.4 Å². The molecule has 1 atom stereocenters. The highest BCUT2D eigenvalue weighted by molar-refractivity contribution is 5.86. The maximum Gasteiger partial charge on any atom is 0.163 e. The number of rotatable bonds is 4. The average Bonchev–Trinajstić information content (AvgIpc) is 3.00. The molecule has 6 heteroatoms. The molecule has 0 unspecified atom stereocenters. The number of aromatic nitrogens is 4. The van der Waals surface area contributed by atoms with Crippen LogP contribution in [0.5, 0.6) is 0 Å². The van der Waals surface area contributed by atoms with E-state index >= 15 is 0 Å². The first-order valence-corrected chi connectivity index (χ1v) is 6.76. The molecular weight excluding hydrogens is 242 g/mol. The highest BCUT2D eigenvalue weighted by Gasteiger charge is 2.15.